The van der Waals surface area contributed by atoms with Crippen LogP contribution in [0.25, 0.3) is 22.3 Å². The second kappa shape index (κ2) is 16.7. The van der Waals surface area contributed by atoms with E-state index in [0.29, 0.717) is 35.6 Å². The summed E-state index contributed by atoms with van der Waals surface area (Å²) in [6, 6.07) is 6.92. The minimum absolute atomic E-state index is 0.0122. The SMILES string of the molecule is CC.CC.CC.Cc1nc2c(F)cc(-c3nc(Nc4ccc5c(n4)CCN(CCN(C)C)C5)ncc3F)cc2n1C1CC(O)C1. The third kappa shape index (κ3) is 8.39. The maximum absolute atomic E-state index is 15.1. The zero-order valence-corrected chi connectivity index (χ0v) is 28.3. The Hall–Kier alpha value is -3.54. The number of rotatable bonds is 7. The summed E-state index contributed by atoms with van der Waals surface area (Å²) < 4.78 is 32.0. The van der Waals surface area contributed by atoms with Crippen molar-refractivity contribution < 1.29 is 13.9 Å². The molecule has 2 N–H and O–H groups in total. The van der Waals surface area contributed by atoms with Crippen LogP contribution in [0.15, 0.2) is 30.5 Å². The first-order chi connectivity index (χ1) is 21.7. The first-order valence-electron chi connectivity index (χ1n) is 16.3. The van der Waals surface area contributed by atoms with Crippen molar-refractivity contribution in [1.29, 1.82) is 0 Å². The highest BCUT2D eigenvalue weighted by molar-refractivity contribution is 5.83. The van der Waals surface area contributed by atoms with Gasteiger partial charge in [-0.25, -0.2) is 28.7 Å². The van der Waals surface area contributed by atoms with Gasteiger partial charge in [0.05, 0.1) is 17.8 Å². The van der Waals surface area contributed by atoms with Crippen molar-refractivity contribution in [1.82, 2.24) is 34.3 Å². The summed E-state index contributed by atoms with van der Waals surface area (Å²) in [4.78, 5) is 22.2. The van der Waals surface area contributed by atoms with Gasteiger partial charge in [0.1, 0.15) is 22.9 Å². The number of nitrogens with zero attached hydrogens (tertiary/aromatic N) is 7. The summed E-state index contributed by atoms with van der Waals surface area (Å²) in [5, 5.41) is 12.9. The van der Waals surface area contributed by atoms with Gasteiger partial charge in [-0.2, -0.15) is 0 Å². The van der Waals surface area contributed by atoms with Crippen molar-refractivity contribution in [3.8, 4) is 11.3 Å². The number of anilines is 2. The molecular formula is C34H50F2N8O. The second-order valence-electron chi connectivity index (χ2n) is 10.8. The standard InChI is InChI=1S/C28H32F2N8O.3C2H6/c1-16-32-27-21(29)10-18(11-24(27)38(16)19-12-20(39)13-19)26-22(30)14-31-28(35-26)34-25-5-4-17-15-37(9-8-36(2)3)7-6-23(17)33-25;3*1-2/h4-5,10-11,14,19-20,39H,6-9,12-13,15H2,1-3H3,(H,31,33,34,35);3*1-2H3. The Morgan fingerprint density at radius 3 is 2.36 bits per heavy atom. The Morgan fingerprint density at radius 1 is 0.978 bits per heavy atom. The molecule has 0 saturated heterocycles. The number of likely N-dealkylation sites (N-methyl/N-ethyl adjacent to an activating group) is 1. The average Bonchev–Trinajstić information content (AvgIpc) is 3.38. The molecule has 0 spiro atoms. The number of aliphatic hydroxyl groups is 1. The van der Waals surface area contributed by atoms with Crippen LogP contribution in [0.5, 0.6) is 0 Å². The monoisotopic (exact) mass is 624 g/mol. The summed E-state index contributed by atoms with van der Waals surface area (Å²) in [6.45, 7) is 17.6. The molecule has 1 fully saturated rings. The van der Waals surface area contributed by atoms with E-state index in [4.69, 9.17) is 4.98 Å². The molecule has 0 radical (unpaired) electrons. The molecule has 246 valence electrons. The highest BCUT2D eigenvalue weighted by Gasteiger charge is 2.31. The largest absolute Gasteiger partial charge is 0.393 e. The number of pyridine rings is 1. The molecule has 1 aliphatic heterocycles. The van der Waals surface area contributed by atoms with Crippen LogP contribution in [0.1, 0.15) is 77.5 Å². The fourth-order valence-corrected chi connectivity index (χ4v) is 5.46. The van der Waals surface area contributed by atoms with E-state index in [1.807, 2.05) is 59.1 Å². The predicted octanol–water partition coefficient (Wildman–Crippen LogP) is 6.91. The van der Waals surface area contributed by atoms with E-state index >= 15 is 4.39 Å². The van der Waals surface area contributed by atoms with Gasteiger partial charge in [-0.3, -0.25) is 4.90 Å². The number of hydrogen-bond acceptors (Lipinski definition) is 8. The third-order valence-electron chi connectivity index (χ3n) is 7.63. The molecule has 0 atom stereocenters. The van der Waals surface area contributed by atoms with Crippen LogP contribution in [-0.2, 0) is 13.0 Å². The fraction of sp³-hybridized carbons (Fsp3) is 0.529. The lowest BCUT2D eigenvalue weighted by Crippen LogP contribution is -2.36. The van der Waals surface area contributed by atoms with E-state index in [1.165, 1.54) is 11.6 Å². The van der Waals surface area contributed by atoms with Crippen molar-refractivity contribution in [3.05, 3.63) is 59.2 Å². The zero-order valence-electron chi connectivity index (χ0n) is 28.3. The molecule has 9 nitrogen and oxygen atoms in total. The first kappa shape index (κ1) is 35.9. The van der Waals surface area contributed by atoms with E-state index in [1.54, 1.807) is 6.07 Å². The molecule has 2 aliphatic rings. The van der Waals surface area contributed by atoms with Crippen LogP contribution >= 0.6 is 0 Å². The second-order valence-corrected chi connectivity index (χ2v) is 10.8. The van der Waals surface area contributed by atoms with Gasteiger partial charge in [0.15, 0.2) is 11.6 Å². The van der Waals surface area contributed by atoms with Crippen LogP contribution in [0.3, 0.4) is 0 Å². The fourth-order valence-electron chi connectivity index (χ4n) is 5.46. The Balaban J connectivity index is 0.000000870. The van der Waals surface area contributed by atoms with Gasteiger partial charge in [0, 0.05) is 49.9 Å². The molecule has 45 heavy (non-hydrogen) atoms. The summed E-state index contributed by atoms with van der Waals surface area (Å²) in [5.74, 6) is 0.203. The maximum Gasteiger partial charge on any atom is 0.229 e. The van der Waals surface area contributed by atoms with Gasteiger partial charge >= 0.3 is 0 Å². The van der Waals surface area contributed by atoms with E-state index in [2.05, 4.69) is 50.2 Å². The third-order valence-corrected chi connectivity index (χ3v) is 7.63. The number of fused-ring (bicyclic) bond motifs is 2. The molecule has 0 amide bonds. The Labute approximate surface area is 266 Å². The summed E-state index contributed by atoms with van der Waals surface area (Å²) in [5.41, 5.74) is 3.29. The molecule has 0 bridgehead atoms. The van der Waals surface area contributed by atoms with Crippen molar-refractivity contribution in [2.45, 2.75) is 86.4 Å². The highest BCUT2D eigenvalue weighted by atomic mass is 19.1. The molecule has 4 heterocycles. The number of hydrogen-bond donors (Lipinski definition) is 2. The zero-order chi connectivity index (χ0) is 33.3. The lowest BCUT2D eigenvalue weighted by atomic mass is 9.89. The summed E-state index contributed by atoms with van der Waals surface area (Å²) >= 11 is 0. The van der Waals surface area contributed by atoms with Crippen molar-refractivity contribution in [2.75, 3.05) is 39.0 Å². The molecule has 1 saturated carbocycles. The van der Waals surface area contributed by atoms with E-state index in [0.717, 1.165) is 44.5 Å². The lowest BCUT2D eigenvalue weighted by Gasteiger charge is -2.33. The van der Waals surface area contributed by atoms with Crippen molar-refractivity contribution >= 4 is 22.8 Å². The van der Waals surface area contributed by atoms with E-state index < -0.39 is 11.6 Å². The van der Waals surface area contributed by atoms with Gasteiger partial charge in [0.25, 0.3) is 0 Å². The maximum atomic E-state index is 15.1. The quantitative estimate of drug-likeness (QED) is 0.229. The normalized spacial score (nSPS) is 17.2. The number of aromatic nitrogens is 5. The number of halogens is 2. The van der Waals surface area contributed by atoms with Crippen molar-refractivity contribution in [2.24, 2.45) is 0 Å². The average molecular weight is 625 g/mol. The van der Waals surface area contributed by atoms with Gasteiger partial charge in [-0.05, 0) is 57.6 Å². The molecule has 0 unspecified atom stereocenters. The number of aliphatic hydroxyl groups excluding tert-OH is 1. The Bertz CT molecular complexity index is 1530. The number of imidazole rings is 1. The van der Waals surface area contributed by atoms with Crippen molar-refractivity contribution in [3.63, 3.8) is 0 Å². The van der Waals surface area contributed by atoms with E-state index in [9.17, 15) is 9.50 Å². The van der Waals surface area contributed by atoms with Crippen LogP contribution in [0, 0.1) is 18.6 Å². The number of nitrogens with one attached hydrogen (secondary N) is 1. The topological polar surface area (TPSA) is 95.2 Å². The molecule has 1 aromatic carbocycles. The van der Waals surface area contributed by atoms with Crippen LogP contribution in [0.4, 0.5) is 20.5 Å². The minimum Gasteiger partial charge on any atom is -0.393 e. The Kier molecular flexibility index (Phi) is 13.3. The summed E-state index contributed by atoms with van der Waals surface area (Å²) in [6.07, 6.45) is 2.72. The van der Waals surface area contributed by atoms with Gasteiger partial charge < -0.3 is 19.9 Å². The van der Waals surface area contributed by atoms with Gasteiger partial charge in [-0.15, -0.1) is 0 Å². The molecule has 1 aliphatic carbocycles. The molecule has 3 aromatic heterocycles. The minimum atomic E-state index is -0.655. The summed E-state index contributed by atoms with van der Waals surface area (Å²) in [7, 11) is 4.15. The first-order valence-corrected chi connectivity index (χ1v) is 16.3. The highest BCUT2D eigenvalue weighted by Crippen LogP contribution is 2.38. The number of benzene rings is 1. The molecule has 6 rings (SSSR count). The smallest absolute Gasteiger partial charge is 0.229 e. The van der Waals surface area contributed by atoms with E-state index in [-0.39, 0.29) is 29.3 Å². The van der Waals surface area contributed by atoms with Crippen LogP contribution in [-0.4, -0.2) is 79.2 Å². The molecule has 11 heteroatoms. The molecule has 4 aromatic rings. The van der Waals surface area contributed by atoms with Crippen LogP contribution in [0.2, 0.25) is 0 Å². The van der Waals surface area contributed by atoms with Gasteiger partial charge in [0.2, 0.25) is 5.95 Å². The predicted molar refractivity (Wildman–Crippen MR) is 179 cm³/mol. The molecular weight excluding hydrogens is 574 g/mol. The van der Waals surface area contributed by atoms with Gasteiger partial charge in [-0.1, -0.05) is 47.6 Å². The number of aryl methyl sites for hydroxylation is 1. The van der Waals surface area contributed by atoms with Crippen LogP contribution < -0.4 is 5.32 Å². The lowest BCUT2D eigenvalue weighted by molar-refractivity contribution is 0.0494. The Morgan fingerprint density at radius 2 is 1.69 bits per heavy atom.